The van der Waals surface area contributed by atoms with Crippen molar-refractivity contribution in [3.8, 4) is 5.06 Å². The van der Waals surface area contributed by atoms with E-state index in [1.807, 2.05) is 11.3 Å². The van der Waals surface area contributed by atoms with Gasteiger partial charge < -0.3 is 15.0 Å². The number of fused-ring (bicyclic) bond motifs is 1. The Bertz CT molecular complexity index is 398. The van der Waals surface area contributed by atoms with Crippen molar-refractivity contribution < 1.29 is 4.74 Å². The largest absolute Gasteiger partial charge is 0.481 e. The van der Waals surface area contributed by atoms with Crippen molar-refractivity contribution in [2.45, 2.75) is 51.8 Å². The maximum absolute atomic E-state index is 6.20. The standard InChI is InChI=1S/C15H24N2OS/c1-11(2)17-7-4-13(5-8-17)18-15-9-12-10-16-6-3-14(12)19-15/h9,11,13,16H,3-8,10H2,1-2H3. The van der Waals surface area contributed by atoms with E-state index in [0.29, 0.717) is 12.1 Å². The highest BCUT2D eigenvalue weighted by Crippen LogP contribution is 2.33. The van der Waals surface area contributed by atoms with Crippen LogP contribution in [0.5, 0.6) is 5.06 Å². The van der Waals surface area contributed by atoms with Crippen molar-refractivity contribution in [2.75, 3.05) is 19.6 Å². The van der Waals surface area contributed by atoms with E-state index in [2.05, 4.69) is 30.1 Å². The molecule has 3 heterocycles. The lowest BCUT2D eigenvalue weighted by Crippen LogP contribution is -2.41. The van der Waals surface area contributed by atoms with Crippen LogP contribution in [0.3, 0.4) is 0 Å². The normalized spacial score (nSPS) is 21.6. The molecule has 1 aromatic heterocycles. The minimum Gasteiger partial charge on any atom is -0.481 e. The van der Waals surface area contributed by atoms with Gasteiger partial charge in [-0.2, -0.15) is 0 Å². The first-order valence-electron chi connectivity index (χ1n) is 7.45. The molecule has 0 aromatic carbocycles. The molecule has 0 bridgehead atoms. The zero-order valence-electron chi connectivity index (χ0n) is 11.9. The van der Waals surface area contributed by atoms with Crippen LogP contribution in [0.4, 0.5) is 0 Å². The van der Waals surface area contributed by atoms with Crippen molar-refractivity contribution in [3.05, 3.63) is 16.5 Å². The van der Waals surface area contributed by atoms with Crippen LogP contribution in [-0.4, -0.2) is 36.7 Å². The van der Waals surface area contributed by atoms with Gasteiger partial charge >= 0.3 is 0 Å². The zero-order chi connectivity index (χ0) is 13.2. The lowest BCUT2D eigenvalue weighted by molar-refractivity contribution is 0.0868. The molecule has 0 amide bonds. The molecule has 19 heavy (non-hydrogen) atoms. The molecule has 0 aliphatic carbocycles. The van der Waals surface area contributed by atoms with E-state index in [1.165, 1.54) is 36.4 Å². The summed E-state index contributed by atoms with van der Waals surface area (Å²) in [5.41, 5.74) is 1.45. The SMILES string of the molecule is CC(C)N1CCC(Oc2cc3c(s2)CCNC3)CC1. The first-order valence-corrected chi connectivity index (χ1v) is 8.27. The Hall–Kier alpha value is -0.580. The van der Waals surface area contributed by atoms with Crippen LogP contribution in [0.1, 0.15) is 37.1 Å². The lowest BCUT2D eigenvalue weighted by Gasteiger charge is -2.34. The fourth-order valence-electron chi connectivity index (χ4n) is 2.96. The second kappa shape index (κ2) is 5.81. The van der Waals surface area contributed by atoms with Crippen molar-refractivity contribution in [3.63, 3.8) is 0 Å². The van der Waals surface area contributed by atoms with E-state index in [-0.39, 0.29) is 0 Å². The molecule has 1 N–H and O–H groups in total. The molecule has 2 aliphatic heterocycles. The third kappa shape index (κ3) is 3.12. The van der Waals surface area contributed by atoms with Gasteiger partial charge in [-0.25, -0.2) is 0 Å². The first-order chi connectivity index (χ1) is 9.22. The molecule has 106 valence electrons. The molecule has 1 aromatic rings. The van der Waals surface area contributed by atoms with Gasteiger partial charge in [0.1, 0.15) is 6.10 Å². The predicted octanol–water partition coefficient (Wildman–Crippen LogP) is 2.65. The molecule has 1 saturated heterocycles. The molecular formula is C15H24N2OS. The number of ether oxygens (including phenoxy) is 1. The van der Waals surface area contributed by atoms with Crippen molar-refractivity contribution in [2.24, 2.45) is 0 Å². The van der Waals surface area contributed by atoms with E-state index in [0.717, 1.165) is 24.6 Å². The Balaban J connectivity index is 1.56. The minimum absolute atomic E-state index is 0.420. The van der Waals surface area contributed by atoms with Gasteiger partial charge in [-0.1, -0.05) is 0 Å². The monoisotopic (exact) mass is 280 g/mol. The second-order valence-corrected chi connectivity index (χ2v) is 6.99. The summed E-state index contributed by atoms with van der Waals surface area (Å²) in [6, 6.07) is 2.92. The molecule has 1 fully saturated rings. The number of likely N-dealkylation sites (tertiary alicyclic amines) is 1. The number of hydrogen-bond donors (Lipinski definition) is 1. The van der Waals surface area contributed by atoms with E-state index >= 15 is 0 Å². The van der Waals surface area contributed by atoms with Crippen molar-refractivity contribution >= 4 is 11.3 Å². The minimum atomic E-state index is 0.420. The van der Waals surface area contributed by atoms with E-state index in [1.54, 1.807) is 0 Å². The average molecular weight is 280 g/mol. The number of piperidine rings is 1. The van der Waals surface area contributed by atoms with Crippen molar-refractivity contribution in [1.29, 1.82) is 0 Å². The number of thiophene rings is 1. The number of nitrogens with zero attached hydrogens (tertiary/aromatic N) is 1. The highest BCUT2D eigenvalue weighted by Gasteiger charge is 2.23. The van der Waals surface area contributed by atoms with Gasteiger partial charge in [-0.15, -0.1) is 11.3 Å². The van der Waals surface area contributed by atoms with E-state index in [4.69, 9.17) is 4.74 Å². The van der Waals surface area contributed by atoms with Crippen LogP contribution in [0.15, 0.2) is 6.07 Å². The third-order valence-electron chi connectivity index (χ3n) is 4.21. The molecule has 0 radical (unpaired) electrons. The molecule has 4 heteroatoms. The topological polar surface area (TPSA) is 24.5 Å². The van der Waals surface area contributed by atoms with Gasteiger partial charge in [-0.05, 0) is 44.7 Å². The molecule has 3 rings (SSSR count). The van der Waals surface area contributed by atoms with Gasteiger partial charge in [0.15, 0.2) is 5.06 Å². The summed E-state index contributed by atoms with van der Waals surface area (Å²) < 4.78 is 6.20. The van der Waals surface area contributed by atoms with Gasteiger partial charge in [0.05, 0.1) is 0 Å². The molecule has 0 atom stereocenters. The fourth-order valence-corrected chi connectivity index (χ4v) is 4.05. The predicted molar refractivity (Wildman–Crippen MR) is 80.1 cm³/mol. The van der Waals surface area contributed by atoms with Gasteiger partial charge in [0.25, 0.3) is 0 Å². The summed E-state index contributed by atoms with van der Waals surface area (Å²) in [5, 5.41) is 4.56. The van der Waals surface area contributed by atoms with Crippen molar-refractivity contribution in [1.82, 2.24) is 10.2 Å². The van der Waals surface area contributed by atoms with Gasteiger partial charge in [0, 0.05) is 37.1 Å². The Kier molecular flexibility index (Phi) is 4.10. The summed E-state index contributed by atoms with van der Waals surface area (Å²) in [6.07, 6.45) is 3.91. The third-order valence-corrected chi connectivity index (χ3v) is 5.34. The lowest BCUT2D eigenvalue weighted by atomic mass is 10.1. The van der Waals surface area contributed by atoms with Crippen LogP contribution in [-0.2, 0) is 13.0 Å². The van der Waals surface area contributed by atoms with Gasteiger partial charge in [0.2, 0.25) is 0 Å². The smallest absolute Gasteiger partial charge is 0.174 e. The Morgan fingerprint density at radius 1 is 1.37 bits per heavy atom. The van der Waals surface area contributed by atoms with Crippen LogP contribution >= 0.6 is 11.3 Å². The van der Waals surface area contributed by atoms with E-state index < -0.39 is 0 Å². The molecule has 0 saturated carbocycles. The Labute approximate surface area is 119 Å². The number of rotatable bonds is 3. The molecule has 2 aliphatic rings. The Morgan fingerprint density at radius 2 is 2.16 bits per heavy atom. The highest BCUT2D eigenvalue weighted by atomic mass is 32.1. The number of nitrogens with one attached hydrogen (secondary N) is 1. The van der Waals surface area contributed by atoms with Crippen LogP contribution in [0, 0.1) is 0 Å². The molecule has 3 nitrogen and oxygen atoms in total. The molecule has 0 spiro atoms. The number of hydrogen-bond acceptors (Lipinski definition) is 4. The summed E-state index contributed by atoms with van der Waals surface area (Å²) >= 11 is 1.86. The zero-order valence-corrected chi connectivity index (χ0v) is 12.8. The van der Waals surface area contributed by atoms with Crippen LogP contribution < -0.4 is 10.1 Å². The maximum atomic E-state index is 6.20. The van der Waals surface area contributed by atoms with E-state index in [9.17, 15) is 0 Å². The summed E-state index contributed by atoms with van der Waals surface area (Å²) in [5.74, 6) is 0. The Morgan fingerprint density at radius 3 is 2.84 bits per heavy atom. The molecule has 0 unspecified atom stereocenters. The highest BCUT2D eigenvalue weighted by molar-refractivity contribution is 7.14. The summed E-state index contributed by atoms with van der Waals surface area (Å²) in [7, 11) is 0. The molecular weight excluding hydrogens is 256 g/mol. The van der Waals surface area contributed by atoms with Crippen LogP contribution in [0.25, 0.3) is 0 Å². The average Bonchev–Trinajstić information content (AvgIpc) is 2.81. The fraction of sp³-hybridized carbons (Fsp3) is 0.733. The van der Waals surface area contributed by atoms with Gasteiger partial charge in [-0.3, -0.25) is 0 Å². The quantitative estimate of drug-likeness (QED) is 0.921. The second-order valence-electron chi connectivity index (χ2n) is 5.89. The summed E-state index contributed by atoms with van der Waals surface area (Å²) in [6.45, 7) is 9.04. The summed E-state index contributed by atoms with van der Waals surface area (Å²) in [4.78, 5) is 4.07. The first kappa shape index (κ1) is 13.4. The maximum Gasteiger partial charge on any atom is 0.174 e. The van der Waals surface area contributed by atoms with Crippen LogP contribution in [0.2, 0.25) is 0 Å².